The zero-order chi connectivity index (χ0) is 26.8. The molecule has 1 saturated carbocycles. The molecule has 1 aliphatic heterocycles. The van der Waals surface area contributed by atoms with E-state index in [1.807, 2.05) is 0 Å². The van der Waals surface area contributed by atoms with Gasteiger partial charge in [-0.25, -0.2) is 4.79 Å². The van der Waals surface area contributed by atoms with Gasteiger partial charge in [-0.2, -0.15) is 11.8 Å². The molecule has 2 fully saturated rings. The van der Waals surface area contributed by atoms with Crippen LogP contribution in [0, 0.1) is 5.92 Å². The molecule has 37 heavy (non-hydrogen) atoms. The van der Waals surface area contributed by atoms with Crippen LogP contribution >= 0.6 is 23.5 Å². The topological polar surface area (TPSA) is 109 Å². The second-order valence-corrected chi connectivity index (χ2v) is 12.5. The summed E-state index contributed by atoms with van der Waals surface area (Å²) in [5.74, 6) is 2.93. The Labute approximate surface area is 228 Å². The molecule has 3 N–H and O–H groups in total. The maximum atomic E-state index is 13.3. The molecule has 1 aromatic carbocycles. The molecule has 0 spiro atoms. The Hall–Kier alpha value is -2.27. The van der Waals surface area contributed by atoms with Gasteiger partial charge in [-0.15, -0.1) is 11.8 Å². The minimum Gasteiger partial charge on any atom is -0.497 e. The van der Waals surface area contributed by atoms with Crippen LogP contribution in [0.25, 0.3) is 0 Å². The average molecular weight is 553 g/mol. The molecule has 1 aromatic rings. The number of anilines is 1. The fourth-order valence-corrected chi connectivity index (χ4v) is 6.63. The predicted octanol–water partition coefficient (Wildman–Crippen LogP) is 4.25. The number of rotatable bonds is 10. The summed E-state index contributed by atoms with van der Waals surface area (Å²) in [7, 11) is 1.59. The number of amides is 3. The molecule has 0 radical (unpaired) electrons. The molecule has 3 rings (SSSR count). The van der Waals surface area contributed by atoms with Crippen LogP contribution < -0.4 is 20.9 Å². The van der Waals surface area contributed by atoms with Gasteiger partial charge in [0.05, 0.1) is 18.7 Å². The highest BCUT2D eigenvalue weighted by molar-refractivity contribution is 7.99. The lowest BCUT2D eigenvalue weighted by atomic mass is 9.91. The average Bonchev–Trinajstić information content (AvgIpc) is 3.37. The maximum absolute atomic E-state index is 13.3. The summed E-state index contributed by atoms with van der Waals surface area (Å²) < 4.78 is 10.6. The summed E-state index contributed by atoms with van der Waals surface area (Å²) in [4.78, 5) is 40.5. The van der Waals surface area contributed by atoms with Crippen LogP contribution in [0.4, 0.5) is 10.5 Å². The third-order valence-corrected chi connectivity index (χ3v) is 8.52. The van der Waals surface area contributed by atoms with Crippen molar-refractivity contribution in [1.29, 1.82) is 0 Å². The van der Waals surface area contributed by atoms with Crippen molar-refractivity contribution in [2.24, 2.45) is 5.92 Å². The predicted molar refractivity (Wildman–Crippen MR) is 150 cm³/mol. The zero-order valence-corrected chi connectivity index (χ0v) is 23.8. The Morgan fingerprint density at radius 2 is 1.84 bits per heavy atom. The number of methoxy groups -OCH3 is 1. The number of nitrogens with zero attached hydrogens (tertiary/aromatic N) is 1. The molecule has 1 heterocycles. The van der Waals surface area contributed by atoms with Gasteiger partial charge >= 0.3 is 6.09 Å². The fraction of sp³-hybridized carbons (Fsp3) is 0.654. The van der Waals surface area contributed by atoms with Crippen LogP contribution in [-0.4, -0.2) is 70.7 Å². The Kier molecular flexibility index (Phi) is 11.1. The largest absolute Gasteiger partial charge is 0.497 e. The van der Waals surface area contributed by atoms with E-state index >= 15 is 0 Å². The lowest BCUT2D eigenvalue weighted by molar-refractivity contribution is -0.130. The zero-order valence-electron chi connectivity index (χ0n) is 22.2. The maximum Gasteiger partial charge on any atom is 0.411 e. The first-order valence-electron chi connectivity index (χ1n) is 12.8. The van der Waals surface area contributed by atoms with E-state index in [2.05, 4.69) is 16.2 Å². The Morgan fingerprint density at radius 1 is 1.14 bits per heavy atom. The lowest BCUT2D eigenvalue weighted by Crippen LogP contribution is -2.55. The smallest absolute Gasteiger partial charge is 0.411 e. The molecular weight excluding hydrogens is 512 g/mol. The first kappa shape index (κ1) is 29.3. The van der Waals surface area contributed by atoms with Crippen molar-refractivity contribution in [3.63, 3.8) is 0 Å². The third kappa shape index (κ3) is 9.52. The van der Waals surface area contributed by atoms with E-state index in [9.17, 15) is 14.4 Å². The number of nitrogens with one attached hydrogen (secondary N) is 3. The number of hydrazine groups is 1. The minimum atomic E-state index is -0.752. The molecule has 9 nitrogen and oxygen atoms in total. The van der Waals surface area contributed by atoms with Gasteiger partial charge in [0.15, 0.2) is 0 Å². The highest BCUT2D eigenvalue weighted by Crippen LogP contribution is 2.27. The van der Waals surface area contributed by atoms with E-state index in [-0.39, 0.29) is 11.8 Å². The Balaban J connectivity index is 1.61. The molecule has 2 atom stereocenters. The minimum absolute atomic E-state index is 0.338. The lowest BCUT2D eigenvalue weighted by Gasteiger charge is -2.28. The Morgan fingerprint density at radius 3 is 2.49 bits per heavy atom. The molecule has 0 aromatic heterocycles. The molecule has 1 aliphatic carbocycles. The van der Waals surface area contributed by atoms with Crippen molar-refractivity contribution >= 4 is 47.1 Å². The number of ether oxygens (including phenoxy) is 2. The first-order chi connectivity index (χ1) is 17.7. The van der Waals surface area contributed by atoms with Crippen LogP contribution in [0.15, 0.2) is 24.3 Å². The molecule has 2 aliphatic rings. The van der Waals surface area contributed by atoms with Gasteiger partial charge in [0.25, 0.3) is 5.91 Å². The standard InChI is InChI=1S/C26H40N4O5S2/c1-26(2,3)35-25(33)30-17-37-16-22(30)24(32)27-21(15-36-14-18-8-6-5-7-9-18)23(31)29-28-19-10-12-20(34-4)13-11-19/h10-13,18,21-22,28H,5-9,14-17H2,1-4H3,(H,27,32)(H,29,31). The van der Waals surface area contributed by atoms with Crippen molar-refractivity contribution in [2.75, 3.05) is 35.7 Å². The summed E-state index contributed by atoms with van der Waals surface area (Å²) in [6.45, 7) is 5.38. The number of benzene rings is 1. The molecule has 3 amide bonds. The number of carbonyl (C=O) groups is 3. The molecule has 1 saturated heterocycles. The summed E-state index contributed by atoms with van der Waals surface area (Å²) in [5.41, 5.74) is 5.66. The summed E-state index contributed by atoms with van der Waals surface area (Å²) in [6.07, 6.45) is 5.74. The normalized spacial score (nSPS) is 19.1. The van der Waals surface area contributed by atoms with Gasteiger partial charge < -0.3 is 14.8 Å². The molecular formula is C26H40N4O5S2. The van der Waals surface area contributed by atoms with Gasteiger partial charge in [-0.05, 0) is 69.5 Å². The molecule has 206 valence electrons. The van der Waals surface area contributed by atoms with E-state index in [1.54, 1.807) is 63.9 Å². The first-order valence-corrected chi connectivity index (χ1v) is 15.1. The van der Waals surface area contributed by atoms with Gasteiger partial charge in [0.1, 0.15) is 23.4 Å². The van der Waals surface area contributed by atoms with Crippen LogP contribution in [-0.2, 0) is 14.3 Å². The SMILES string of the molecule is COc1ccc(NNC(=O)C(CSCC2CCCCC2)NC(=O)C2CSCN2C(=O)OC(C)(C)C)cc1. The van der Waals surface area contributed by atoms with E-state index < -0.39 is 23.8 Å². The summed E-state index contributed by atoms with van der Waals surface area (Å²) in [5, 5.41) is 2.90. The number of hydrogen-bond acceptors (Lipinski definition) is 8. The van der Waals surface area contributed by atoms with Crippen molar-refractivity contribution in [3.8, 4) is 5.75 Å². The van der Waals surface area contributed by atoms with Crippen molar-refractivity contribution < 1.29 is 23.9 Å². The second kappa shape index (κ2) is 14.0. The monoisotopic (exact) mass is 552 g/mol. The van der Waals surface area contributed by atoms with Crippen LogP contribution in [0.2, 0.25) is 0 Å². The number of carbonyl (C=O) groups excluding carboxylic acids is 3. The molecule has 0 bridgehead atoms. The molecule has 11 heteroatoms. The third-order valence-electron chi connectivity index (χ3n) is 6.23. The highest BCUT2D eigenvalue weighted by Gasteiger charge is 2.38. The van der Waals surface area contributed by atoms with Gasteiger partial charge in [0, 0.05) is 11.5 Å². The Bertz CT molecular complexity index is 903. The van der Waals surface area contributed by atoms with E-state index in [0.29, 0.717) is 34.7 Å². The summed E-state index contributed by atoms with van der Waals surface area (Å²) in [6, 6.07) is 5.72. The van der Waals surface area contributed by atoms with Crippen molar-refractivity contribution in [2.45, 2.75) is 70.6 Å². The van der Waals surface area contributed by atoms with Crippen LogP contribution in [0.5, 0.6) is 5.75 Å². The van der Waals surface area contributed by atoms with Gasteiger partial charge in [0.2, 0.25) is 5.91 Å². The quantitative estimate of drug-likeness (QED) is 0.370. The van der Waals surface area contributed by atoms with Gasteiger partial charge in [-0.1, -0.05) is 19.3 Å². The van der Waals surface area contributed by atoms with E-state index in [4.69, 9.17) is 9.47 Å². The number of hydrogen-bond donors (Lipinski definition) is 3. The summed E-state index contributed by atoms with van der Waals surface area (Å²) >= 11 is 3.18. The number of thioether (sulfide) groups is 2. The van der Waals surface area contributed by atoms with E-state index in [0.717, 1.165) is 5.75 Å². The van der Waals surface area contributed by atoms with E-state index in [1.165, 1.54) is 48.8 Å². The van der Waals surface area contributed by atoms with Gasteiger partial charge in [-0.3, -0.25) is 25.3 Å². The molecule has 2 unspecified atom stereocenters. The van der Waals surface area contributed by atoms with Crippen LogP contribution in [0.1, 0.15) is 52.9 Å². The second-order valence-electron chi connectivity index (χ2n) is 10.4. The van der Waals surface area contributed by atoms with Crippen LogP contribution in [0.3, 0.4) is 0 Å². The van der Waals surface area contributed by atoms with Crippen molar-refractivity contribution in [1.82, 2.24) is 15.6 Å². The fourth-order valence-electron chi connectivity index (χ4n) is 4.21. The van der Waals surface area contributed by atoms with Crippen molar-refractivity contribution in [3.05, 3.63) is 24.3 Å². The highest BCUT2D eigenvalue weighted by atomic mass is 32.2.